The molecule has 4 heteroatoms. The molecule has 2 heterocycles. The minimum absolute atomic E-state index is 0.355. The first kappa shape index (κ1) is 8.44. The first-order valence-corrected chi connectivity index (χ1v) is 4.37. The van der Waals surface area contributed by atoms with E-state index in [1.165, 1.54) is 0 Å². The van der Waals surface area contributed by atoms with Crippen molar-refractivity contribution in [2.75, 3.05) is 26.4 Å². The summed E-state index contributed by atoms with van der Waals surface area (Å²) in [6.07, 6.45) is 1.10. The molecule has 0 aliphatic carbocycles. The van der Waals surface area contributed by atoms with E-state index in [1.807, 2.05) is 0 Å². The molecule has 1 spiro atoms. The van der Waals surface area contributed by atoms with Gasteiger partial charge in [-0.05, 0) is 12.8 Å². The van der Waals surface area contributed by atoms with Crippen molar-refractivity contribution in [2.24, 2.45) is 0 Å². The highest BCUT2D eigenvalue weighted by Crippen LogP contribution is 2.28. The Morgan fingerprint density at radius 1 is 1.17 bits per heavy atom. The summed E-state index contributed by atoms with van der Waals surface area (Å²) in [6.45, 7) is 2.11. The Hall–Kier alpha value is -0.160. The Bertz CT molecular complexity index is 145. The van der Waals surface area contributed by atoms with E-state index in [1.54, 1.807) is 0 Å². The lowest BCUT2D eigenvalue weighted by Gasteiger charge is -2.42. The summed E-state index contributed by atoms with van der Waals surface area (Å²) in [6, 6.07) is 0. The summed E-state index contributed by atoms with van der Waals surface area (Å²) in [4.78, 5) is 0. The number of aliphatic hydroxyl groups excluding tert-OH is 1. The normalized spacial score (nSPS) is 43.2. The third-order valence-corrected chi connectivity index (χ3v) is 2.35. The van der Waals surface area contributed by atoms with Crippen LogP contribution in [0.3, 0.4) is 0 Å². The van der Waals surface area contributed by atoms with Crippen molar-refractivity contribution < 1.29 is 19.3 Å². The van der Waals surface area contributed by atoms with Gasteiger partial charge in [0.05, 0.1) is 19.8 Å². The van der Waals surface area contributed by atoms with Crippen LogP contribution in [0.5, 0.6) is 0 Å². The number of rotatable bonds is 0. The number of ether oxygens (including phenoxy) is 3. The Labute approximate surface area is 71.4 Å². The Kier molecular flexibility index (Phi) is 2.32. The molecule has 2 aliphatic heterocycles. The van der Waals surface area contributed by atoms with Crippen LogP contribution in [0, 0.1) is 0 Å². The van der Waals surface area contributed by atoms with E-state index in [-0.39, 0.29) is 0 Å². The van der Waals surface area contributed by atoms with Crippen LogP contribution in [-0.4, -0.2) is 43.4 Å². The molecule has 0 aromatic carbocycles. The highest BCUT2D eigenvalue weighted by Gasteiger charge is 2.44. The van der Waals surface area contributed by atoms with Crippen molar-refractivity contribution in [3.05, 3.63) is 0 Å². The smallest absolute Gasteiger partial charge is 0.218 e. The van der Waals surface area contributed by atoms with Gasteiger partial charge in [-0.2, -0.15) is 0 Å². The van der Waals surface area contributed by atoms with E-state index in [9.17, 15) is 5.11 Å². The number of aliphatic hydroxyl groups is 1. The second-order valence-corrected chi connectivity index (χ2v) is 3.22. The van der Waals surface area contributed by atoms with Gasteiger partial charge in [0, 0.05) is 0 Å². The lowest BCUT2D eigenvalue weighted by molar-refractivity contribution is -0.341. The molecule has 2 aliphatic rings. The van der Waals surface area contributed by atoms with Gasteiger partial charge in [-0.25, -0.2) is 0 Å². The Morgan fingerprint density at radius 3 is 2.67 bits per heavy atom. The standard InChI is InChI=1S/C8H14O4/c9-7-2-1-3-11-8(7)6-10-4-5-12-8/h7,9H,1-6H2/t7-,8-/m0/s1. The van der Waals surface area contributed by atoms with E-state index >= 15 is 0 Å². The van der Waals surface area contributed by atoms with Crippen molar-refractivity contribution in [3.63, 3.8) is 0 Å². The van der Waals surface area contributed by atoms with Gasteiger partial charge in [-0.1, -0.05) is 0 Å². The summed E-state index contributed by atoms with van der Waals surface area (Å²) < 4.78 is 16.1. The molecule has 0 aromatic rings. The van der Waals surface area contributed by atoms with Gasteiger partial charge >= 0.3 is 0 Å². The third kappa shape index (κ3) is 1.35. The largest absolute Gasteiger partial charge is 0.387 e. The molecule has 2 saturated heterocycles. The molecule has 2 fully saturated rings. The zero-order valence-corrected chi connectivity index (χ0v) is 6.99. The van der Waals surface area contributed by atoms with Crippen molar-refractivity contribution >= 4 is 0 Å². The van der Waals surface area contributed by atoms with Crippen LogP contribution in [0.2, 0.25) is 0 Å². The first-order chi connectivity index (χ1) is 5.83. The monoisotopic (exact) mass is 174 g/mol. The zero-order chi connectivity index (χ0) is 8.44. The lowest BCUT2D eigenvalue weighted by atomic mass is 10.0. The number of hydrogen-bond donors (Lipinski definition) is 1. The summed E-state index contributed by atoms with van der Waals surface area (Å²) in [5.74, 6) is -0.851. The van der Waals surface area contributed by atoms with Crippen LogP contribution in [-0.2, 0) is 14.2 Å². The molecular formula is C8H14O4. The average Bonchev–Trinajstić information content (AvgIpc) is 2.12. The molecule has 4 nitrogen and oxygen atoms in total. The molecule has 0 amide bonds. The van der Waals surface area contributed by atoms with Crippen molar-refractivity contribution in [2.45, 2.75) is 24.7 Å². The molecule has 12 heavy (non-hydrogen) atoms. The summed E-state index contributed by atoms with van der Waals surface area (Å²) in [5.41, 5.74) is 0. The molecule has 2 rings (SSSR count). The van der Waals surface area contributed by atoms with Gasteiger partial charge in [0.15, 0.2) is 0 Å². The fourth-order valence-electron chi connectivity index (χ4n) is 1.64. The zero-order valence-electron chi connectivity index (χ0n) is 6.99. The van der Waals surface area contributed by atoms with E-state index in [4.69, 9.17) is 14.2 Å². The predicted molar refractivity (Wildman–Crippen MR) is 40.7 cm³/mol. The summed E-state index contributed by atoms with van der Waals surface area (Å²) in [5, 5.41) is 9.65. The predicted octanol–water partition coefficient (Wildman–Crippen LogP) is -0.0992. The summed E-state index contributed by atoms with van der Waals surface area (Å²) >= 11 is 0. The topological polar surface area (TPSA) is 47.9 Å². The molecule has 2 atom stereocenters. The molecule has 0 saturated carbocycles. The highest BCUT2D eigenvalue weighted by atomic mass is 16.7. The molecule has 0 unspecified atom stereocenters. The van der Waals surface area contributed by atoms with Crippen LogP contribution >= 0.6 is 0 Å². The van der Waals surface area contributed by atoms with Crippen LogP contribution in [0.1, 0.15) is 12.8 Å². The SMILES string of the molecule is O[C@H]1CCCO[C@]12COCCO2. The van der Waals surface area contributed by atoms with E-state index in [0.29, 0.717) is 26.4 Å². The van der Waals surface area contributed by atoms with Crippen LogP contribution in [0.15, 0.2) is 0 Å². The molecule has 1 N–H and O–H groups in total. The van der Waals surface area contributed by atoms with E-state index in [2.05, 4.69) is 0 Å². The van der Waals surface area contributed by atoms with E-state index in [0.717, 1.165) is 12.8 Å². The maximum Gasteiger partial charge on any atom is 0.218 e. The third-order valence-electron chi connectivity index (χ3n) is 2.35. The second kappa shape index (κ2) is 3.30. The van der Waals surface area contributed by atoms with Crippen LogP contribution in [0.4, 0.5) is 0 Å². The average molecular weight is 174 g/mol. The highest BCUT2D eigenvalue weighted by molar-refractivity contribution is 4.84. The van der Waals surface area contributed by atoms with Gasteiger partial charge in [0.2, 0.25) is 5.79 Å². The van der Waals surface area contributed by atoms with Gasteiger partial charge in [-0.15, -0.1) is 0 Å². The fraction of sp³-hybridized carbons (Fsp3) is 1.00. The number of hydrogen-bond acceptors (Lipinski definition) is 4. The Morgan fingerprint density at radius 2 is 2.00 bits per heavy atom. The minimum atomic E-state index is -0.851. The summed E-state index contributed by atoms with van der Waals surface area (Å²) in [7, 11) is 0. The molecule has 0 radical (unpaired) electrons. The minimum Gasteiger partial charge on any atom is -0.387 e. The molecule has 0 bridgehead atoms. The van der Waals surface area contributed by atoms with Gasteiger partial charge < -0.3 is 19.3 Å². The van der Waals surface area contributed by atoms with Crippen molar-refractivity contribution in [1.29, 1.82) is 0 Å². The second-order valence-electron chi connectivity index (χ2n) is 3.22. The van der Waals surface area contributed by atoms with Crippen LogP contribution in [0.25, 0.3) is 0 Å². The van der Waals surface area contributed by atoms with E-state index < -0.39 is 11.9 Å². The quantitative estimate of drug-likeness (QED) is 0.557. The molecule has 0 aromatic heterocycles. The van der Waals surface area contributed by atoms with Crippen molar-refractivity contribution in [3.8, 4) is 0 Å². The molecule has 70 valence electrons. The van der Waals surface area contributed by atoms with Crippen molar-refractivity contribution in [1.82, 2.24) is 0 Å². The maximum atomic E-state index is 9.65. The lowest BCUT2D eigenvalue weighted by Crippen LogP contribution is -2.56. The fourth-order valence-corrected chi connectivity index (χ4v) is 1.64. The van der Waals surface area contributed by atoms with Crippen LogP contribution < -0.4 is 0 Å². The van der Waals surface area contributed by atoms with Gasteiger partial charge in [-0.3, -0.25) is 0 Å². The van der Waals surface area contributed by atoms with Gasteiger partial charge in [0.25, 0.3) is 0 Å². The maximum absolute atomic E-state index is 9.65. The molecular weight excluding hydrogens is 160 g/mol. The first-order valence-electron chi connectivity index (χ1n) is 4.37. The Balaban J connectivity index is 2.04. The van der Waals surface area contributed by atoms with Gasteiger partial charge in [0.1, 0.15) is 12.7 Å².